The van der Waals surface area contributed by atoms with Crippen LogP contribution in [0.25, 0.3) is 0 Å². The summed E-state index contributed by atoms with van der Waals surface area (Å²) in [4.78, 5) is 13.4. The number of ether oxygens (including phenoxy) is 1. The molecule has 2 saturated heterocycles. The van der Waals surface area contributed by atoms with Gasteiger partial charge in [0.15, 0.2) is 0 Å². The highest BCUT2D eigenvalue weighted by molar-refractivity contribution is 6.29. The van der Waals surface area contributed by atoms with Crippen molar-refractivity contribution < 1.29 is 9.13 Å². The maximum atomic E-state index is 13.0. The van der Waals surface area contributed by atoms with Gasteiger partial charge in [-0.1, -0.05) is 11.6 Å². The smallest absolute Gasteiger partial charge is 0.147 e. The van der Waals surface area contributed by atoms with Crippen LogP contribution in [0.1, 0.15) is 12.8 Å². The summed E-state index contributed by atoms with van der Waals surface area (Å²) in [5, 5.41) is 0.425. The van der Waals surface area contributed by atoms with Crippen molar-refractivity contribution in [3.05, 3.63) is 47.6 Å². The fourth-order valence-electron chi connectivity index (χ4n) is 3.82. The second kappa shape index (κ2) is 7.76. The lowest BCUT2D eigenvalue weighted by atomic mass is 9.91. The Morgan fingerprint density at radius 2 is 1.92 bits per heavy atom. The van der Waals surface area contributed by atoms with Gasteiger partial charge in [-0.15, -0.1) is 0 Å². The van der Waals surface area contributed by atoms with E-state index >= 15 is 0 Å². The molecule has 0 aliphatic carbocycles. The highest BCUT2D eigenvalue weighted by atomic mass is 35.5. The van der Waals surface area contributed by atoms with Crippen LogP contribution in [-0.2, 0) is 0 Å². The third kappa shape index (κ3) is 4.07. The minimum atomic E-state index is -0.235. The predicted octanol–water partition coefficient (Wildman–Crippen LogP) is 3.25. The topological polar surface area (TPSA) is 41.5 Å². The van der Waals surface area contributed by atoms with E-state index in [0.717, 1.165) is 50.6 Å². The molecule has 4 rings (SSSR count). The average Bonchev–Trinajstić information content (AvgIpc) is 2.67. The third-order valence-corrected chi connectivity index (χ3v) is 5.43. The number of benzene rings is 1. The Hall–Kier alpha value is -1.92. The van der Waals surface area contributed by atoms with Crippen molar-refractivity contribution in [3.63, 3.8) is 0 Å². The first-order chi connectivity index (χ1) is 12.7. The van der Waals surface area contributed by atoms with Crippen molar-refractivity contribution in [1.82, 2.24) is 14.9 Å². The molecule has 2 fully saturated rings. The minimum Gasteiger partial charge on any atom is -0.493 e. The molecule has 5 nitrogen and oxygen atoms in total. The second-order valence-corrected chi connectivity index (χ2v) is 7.39. The van der Waals surface area contributed by atoms with Crippen LogP contribution >= 0.6 is 11.6 Å². The predicted molar refractivity (Wildman–Crippen MR) is 99.2 cm³/mol. The zero-order chi connectivity index (χ0) is 17.9. The SMILES string of the molecule is Fc1ccc(OCC2CCC3CN(c4cnc(Cl)cn4)CCN3C2)cc1. The summed E-state index contributed by atoms with van der Waals surface area (Å²) in [6.07, 6.45) is 5.64. The Morgan fingerprint density at radius 3 is 2.69 bits per heavy atom. The maximum Gasteiger partial charge on any atom is 0.147 e. The van der Waals surface area contributed by atoms with Crippen LogP contribution in [0.5, 0.6) is 5.75 Å². The number of halogens is 2. The van der Waals surface area contributed by atoms with Gasteiger partial charge >= 0.3 is 0 Å². The summed E-state index contributed by atoms with van der Waals surface area (Å²) in [5.74, 6) is 1.91. The minimum absolute atomic E-state index is 0.235. The first kappa shape index (κ1) is 17.5. The molecule has 1 aromatic heterocycles. The summed E-state index contributed by atoms with van der Waals surface area (Å²) in [6, 6.07) is 6.79. The van der Waals surface area contributed by atoms with E-state index in [4.69, 9.17) is 16.3 Å². The maximum absolute atomic E-state index is 13.0. The molecule has 1 aromatic carbocycles. The summed E-state index contributed by atoms with van der Waals surface area (Å²) in [7, 11) is 0. The van der Waals surface area contributed by atoms with E-state index in [0.29, 0.717) is 23.7 Å². The van der Waals surface area contributed by atoms with Crippen molar-refractivity contribution >= 4 is 17.4 Å². The number of aromatic nitrogens is 2. The molecule has 0 saturated carbocycles. The number of fused-ring (bicyclic) bond motifs is 1. The van der Waals surface area contributed by atoms with Gasteiger partial charge in [0, 0.05) is 38.1 Å². The molecule has 26 heavy (non-hydrogen) atoms. The largest absolute Gasteiger partial charge is 0.493 e. The first-order valence-electron chi connectivity index (χ1n) is 9.02. The normalized spacial score (nSPS) is 23.5. The van der Waals surface area contributed by atoms with Crippen molar-refractivity contribution in [2.75, 3.05) is 37.7 Å². The highest BCUT2D eigenvalue weighted by Gasteiger charge is 2.33. The number of piperidine rings is 1. The van der Waals surface area contributed by atoms with Gasteiger partial charge in [-0.2, -0.15) is 0 Å². The van der Waals surface area contributed by atoms with Gasteiger partial charge in [0.2, 0.25) is 0 Å². The van der Waals surface area contributed by atoms with Gasteiger partial charge in [-0.05, 0) is 37.1 Å². The Morgan fingerprint density at radius 1 is 1.08 bits per heavy atom. The summed E-state index contributed by atoms with van der Waals surface area (Å²) < 4.78 is 18.8. The van der Waals surface area contributed by atoms with Gasteiger partial charge in [-0.3, -0.25) is 4.90 Å². The quantitative estimate of drug-likeness (QED) is 0.819. The van der Waals surface area contributed by atoms with Gasteiger partial charge in [0.05, 0.1) is 19.0 Å². The van der Waals surface area contributed by atoms with Crippen LogP contribution in [0.4, 0.5) is 10.2 Å². The Kier molecular flexibility index (Phi) is 5.22. The van der Waals surface area contributed by atoms with E-state index in [1.165, 1.54) is 12.1 Å². The average molecular weight is 377 g/mol. The number of piperazine rings is 1. The van der Waals surface area contributed by atoms with Crippen LogP contribution in [0.15, 0.2) is 36.7 Å². The summed E-state index contributed by atoms with van der Waals surface area (Å²) in [5.41, 5.74) is 0. The summed E-state index contributed by atoms with van der Waals surface area (Å²) >= 11 is 5.83. The van der Waals surface area contributed by atoms with Crippen LogP contribution in [0.3, 0.4) is 0 Å². The Bertz CT molecular complexity index is 727. The molecule has 2 aromatic rings. The van der Waals surface area contributed by atoms with Crippen LogP contribution in [0, 0.1) is 11.7 Å². The molecule has 2 aliphatic rings. The number of rotatable bonds is 4. The van der Waals surface area contributed by atoms with Crippen molar-refractivity contribution in [2.45, 2.75) is 18.9 Å². The molecule has 3 heterocycles. The van der Waals surface area contributed by atoms with E-state index in [-0.39, 0.29) is 5.82 Å². The van der Waals surface area contributed by atoms with E-state index in [2.05, 4.69) is 19.8 Å². The highest BCUT2D eigenvalue weighted by Crippen LogP contribution is 2.27. The molecule has 2 aliphatic heterocycles. The lowest BCUT2D eigenvalue weighted by Crippen LogP contribution is -2.57. The van der Waals surface area contributed by atoms with Crippen LogP contribution in [-0.4, -0.2) is 53.7 Å². The van der Waals surface area contributed by atoms with E-state index in [9.17, 15) is 4.39 Å². The molecular weight excluding hydrogens is 355 g/mol. The molecule has 0 N–H and O–H groups in total. The number of anilines is 1. The summed E-state index contributed by atoms with van der Waals surface area (Å²) in [6.45, 7) is 4.66. The molecular formula is C19H22ClFN4O. The number of hydrogen-bond donors (Lipinski definition) is 0. The molecule has 0 radical (unpaired) electrons. The first-order valence-corrected chi connectivity index (χ1v) is 9.40. The van der Waals surface area contributed by atoms with E-state index < -0.39 is 0 Å². The molecule has 7 heteroatoms. The van der Waals surface area contributed by atoms with Crippen LogP contribution in [0.2, 0.25) is 5.15 Å². The third-order valence-electron chi connectivity index (χ3n) is 5.24. The molecule has 0 amide bonds. The molecule has 2 unspecified atom stereocenters. The van der Waals surface area contributed by atoms with E-state index in [1.54, 1.807) is 24.5 Å². The van der Waals surface area contributed by atoms with Gasteiger partial charge in [-0.25, -0.2) is 14.4 Å². The van der Waals surface area contributed by atoms with Gasteiger partial charge in [0.25, 0.3) is 0 Å². The van der Waals surface area contributed by atoms with Crippen molar-refractivity contribution in [2.24, 2.45) is 5.92 Å². The van der Waals surface area contributed by atoms with Gasteiger partial charge in [0.1, 0.15) is 22.5 Å². The fourth-order valence-corrected chi connectivity index (χ4v) is 3.91. The monoisotopic (exact) mass is 376 g/mol. The molecule has 2 atom stereocenters. The zero-order valence-electron chi connectivity index (χ0n) is 14.5. The Balaban J connectivity index is 1.29. The molecule has 0 bridgehead atoms. The lowest BCUT2D eigenvalue weighted by Gasteiger charge is -2.46. The standard InChI is InChI=1S/C19H22ClFN4O/c20-18-9-23-19(10-22-18)25-8-7-24-11-14(1-4-16(24)12-25)13-26-17-5-2-15(21)3-6-17/h2-3,5-6,9-10,14,16H,1,4,7-8,11-13H2. The van der Waals surface area contributed by atoms with Gasteiger partial charge < -0.3 is 9.64 Å². The fraction of sp³-hybridized carbons (Fsp3) is 0.474. The van der Waals surface area contributed by atoms with Crippen molar-refractivity contribution in [3.8, 4) is 5.75 Å². The Labute approximate surface area is 157 Å². The number of nitrogens with zero attached hydrogens (tertiary/aromatic N) is 4. The lowest BCUT2D eigenvalue weighted by molar-refractivity contribution is 0.0727. The van der Waals surface area contributed by atoms with Crippen LogP contribution < -0.4 is 9.64 Å². The second-order valence-electron chi connectivity index (χ2n) is 7.00. The number of hydrogen-bond acceptors (Lipinski definition) is 5. The zero-order valence-corrected chi connectivity index (χ0v) is 15.3. The van der Waals surface area contributed by atoms with Crippen molar-refractivity contribution in [1.29, 1.82) is 0 Å². The molecule has 138 valence electrons. The van der Waals surface area contributed by atoms with E-state index in [1.807, 2.05) is 0 Å². The molecule has 0 spiro atoms.